The van der Waals surface area contributed by atoms with Gasteiger partial charge in [-0.2, -0.15) is 5.10 Å². The van der Waals surface area contributed by atoms with Gasteiger partial charge in [-0.25, -0.2) is 4.79 Å². The SMILES string of the molecule is Cc1ccc(Cn2nc(C)c(/C=C/C(=O)OCC(=O)Nc3ccc(N4CCCC4)c(C)c3)c2C)cc1. The lowest BCUT2D eigenvalue weighted by molar-refractivity contribution is -0.142. The van der Waals surface area contributed by atoms with Crippen molar-refractivity contribution in [1.29, 1.82) is 0 Å². The minimum absolute atomic E-state index is 0.346. The second-order valence-electron chi connectivity index (χ2n) is 9.41. The number of nitrogens with zero attached hydrogens (tertiary/aromatic N) is 3. The minimum Gasteiger partial charge on any atom is -0.452 e. The van der Waals surface area contributed by atoms with Gasteiger partial charge in [0, 0.05) is 41.8 Å². The fourth-order valence-corrected chi connectivity index (χ4v) is 4.55. The zero-order valence-corrected chi connectivity index (χ0v) is 21.5. The second-order valence-corrected chi connectivity index (χ2v) is 9.41. The fraction of sp³-hybridized carbons (Fsp3) is 0.345. The summed E-state index contributed by atoms with van der Waals surface area (Å²) in [4.78, 5) is 26.9. The van der Waals surface area contributed by atoms with Crippen molar-refractivity contribution in [2.45, 2.75) is 47.1 Å². The Hall–Kier alpha value is -3.87. The molecule has 0 radical (unpaired) electrons. The number of esters is 1. The third kappa shape index (κ3) is 6.22. The predicted molar refractivity (Wildman–Crippen MR) is 143 cm³/mol. The highest BCUT2D eigenvalue weighted by molar-refractivity contribution is 5.95. The summed E-state index contributed by atoms with van der Waals surface area (Å²) in [5.74, 6) is -0.945. The standard InChI is InChI=1S/C29H34N4O3/c1-20-7-9-24(10-8-20)18-33-23(4)26(22(3)31-33)12-14-29(35)36-19-28(34)30-25-11-13-27(21(2)17-25)32-15-5-6-16-32/h7-14,17H,5-6,15-16,18-19H2,1-4H3,(H,30,34)/b14-12+. The molecule has 1 saturated heterocycles. The zero-order chi connectivity index (χ0) is 25.7. The molecule has 36 heavy (non-hydrogen) atoms. The Morgan fingerprint density at radius 2 is 1.75 bits per heavy atom. The van der Waals surface area contributed by atoms with E-state index < -0.39 is 5.97 Å². The van der Waals surface area contributed by atoms with E-state index in [2.05, 4.69) is 46.5 Å². The van der Waals surface area contributed by atoms with Gasteiger partial charge in [-0.05, 0) is 75.9 Å². The van der Waals surface area contributed by atoms with Crippen LogP contribution in [0.15, 0.2) is 48.5 Å². The van der Waals surface area contributed by atoms with Crippen LogP contribution in [-0.2, 0) is 20.9 Å². The molecule has 1 aliphatic rings. The molecule has 1 aromatic heterocycles. The van der Waals surface area contributed by atoms with Crippen LogP contribution in [0.4, 0.5) is 11.4 Å². The van der Waals surface area contributed by atoms with E-state index in [1.54, 1.807) is 6.08 Å². The number of rotatable bonds is 8. The smallest absolute Gasteiger partial charge is 0.331 e. The van der Waals surface area contributed by atoms with Crippen LogP contribution in [0, 0.1) is 27.7 Å². The Bertz CT molecular complexity index is 1270. The number of aryl methyl sites for hydroxylation is 3. The molecule has 0 bridgehead atoms. The molecule has 0 atom stereocenters. The molecule has 188 valence electrons. The Morgan fingerprint density at radius 3 is 2.44 bits per heavy atom. The van der Waals surface area contributed by atoms with Crippen LogP contribution in [0.1, 0.15) is 46.5 Å². The summed E-state index contributed by atoms with van der Waals surface area (Å²) in [5.41, 5.74) is 8.05. The highest BCUT2D eigenvalue weighted by atomic mass is 16.5. The number of aromatic nitrogens is 2. The van der Waals surface area contributed by atoms with Gasteiger partial charge in [-0.15, -0.1) is 0 Å². The van der Waals surface area contributed by atoms with Crippen molar-refractivity contribution in [3.05, 3.63) is 82.2 Å². The average molecular weight is 487 g/mol. The minimum atomic E-state index is -0.573. The first-order valence-corrected chi connectivity index (χ1v) is 12.4. The van der Waals surface area contributed by atoms with Gasteiger partial charge >= 0.3 is 5.97 Å². The molecular weight excluding hydrogens is 452 g/mol. The van der Waals surface area contributed by atoms with Crippen molar-refractivity contribution in [3.63, 3.8) is 0 Å². The van der Waals surface area contributed by atoms with Crippen molar-refractivity contribution in [2.24, 2.45) is 0 Å². The van der Waals surface area contributed by atoms with E-state index in [-0.39, 0.29) is 12.5 Å². The van der Waals surface area contributed by atoms with E-state index >= 15 is 0 Å². The van der Waals surface area contributed by atoms with Crippen LogP contribution in [0.5, 0.6) is 0 Å². The van der Waals surface area contributed by atoms with Crippen molar-refractivity contribution in [2.75, 3.05) is 29.9 Å². The lowest BCUT2D eigenvalue weighted by Gasteiger charge is -2.20. The number of anilines is 2. The Kier molecular flexibility index (Phi) is 7.88. The van der Waals surface area contributed by atoms with Crippen LogP contribution in [-0.4, -0.2) is 41.4 Å². The summed E-state index contributed by atoms with van der Waals surface area (Å²) in [6.45, 7) is 10.4. The summed E-state index contributed by atoms with van der Waals surface area (Å²) in [6, 6.07) is 14.2. The largest absolute Gasteiger partial charge is 0.452 e. The van der Waals surface area contributed by atoms with Crippen molar-refractivity contribution in [1.82, 2.24) is 9.78 Å². The molecular formula is C29H34N4O3. The van der Waals surface area contributed by atoms with Gasteiger partial charge in [-0.1, -0.05) is 29.8 Å². The van der Waals surface area contributed by atoms with Gasteiger partial charge in [0.15, 0.2) is 6.61 Å². The van der Waals surface area contributed by atoms with Gasteiger partial charge in [0.05, 0.1) is 12.2 Å². The zero-order valence-electron chi connectivity index (χ0n) is 21.5. The summed E-state index contributed by atoms with van der Waals surface area (Å²) >= 11 is 0. The van der Waals surface area contributed by atoms with Crippen molar-refractivity contribution in [3.8, 4) is 0 Å². The predicted octanol–water partition coefficient (Wildman–Crippen LogP) is 4.96. The van der Waals surface area contributed by atoms with Gasteiger partial charge in [0.25, 0.3) is 5.91 Å². The number of benzene rings is 2. The van der Waals surface area contributed by atoms with E-state index in [1.807, 2.05) is 43.7 Å². The lowest BCUT2D eigenvalue weighted by Crippen LogP contribution is -2.21. The molecule has 7 heteroatoms. The second kappa shape index (κ2) is 11.2. The highest BCUT2D eigenvalue weighted by Crippen LogP contribution is 2.26. The van der Waals surface area contributed by atoms with E-state index in [0.717, 1.165) is 41.2 Å². The third-order valence-corrected chi connectivity index (χ3v) is 6.55. The van der Waals surface area contributed by atoms with Gasteiger partial charge in [-0.3, -0.25) is 9.48 Å². The molecule has 0 saturated carbocycles. The Morgan fingerprint density at radius 1 is 1.03 bits per heavy atom. The molecule has 0 unspecified atom stereocenters. The van der Waals surface area contributed by atoms with E-state index in [0.29, 0.717) is 12.2 Å². The number of carbonyl (C=O) groups is 2. The molecule has 0 aliphatic carbocycles. The molecule has 0 spiro atoms. The average Bonchev–Trinajstić information content (AvgIpc) is 3.46. The Balaban J connectivity index is 1.29. The number of amides is 1. The third-order valence-electron chi connectivity index (χ3n) is 6.55. The molecule has 1 aliphatic heterocycles. The van der Waals surface area contributed by atoms with E-state index in [4.69, 9.17) is 4.74 Å². The lowest BCUT2D eigenvalue weighted by atomic mass is 10.1. The molecule has 1 fully saturated rings. The fourth-order valence-electron chi connectivity index (χ4n) is 4.55. The monoisotopic (exact) mass is 486 g/mol. The number of ether oxygens (including phenoxy) is 1. The quantitative estimate of drug-likeness (QED) is 0.360. The molecule has 7 nitrogen and oxygen atoms in total. The first kappa shape index (κ1) is 25.2. The first-order chi connectivity index (χ1) is 17.3. The van der Waals surface area contributed by atoms with E-state index in [1.165, 1.54) is 30.2 Å². The van der Waals surface area contributed by atoms with Crippen LogP contribution in [0.25, 0.3) is 6.08 Å². The summed E-state index contributed by atoms with van der Waals surface area (Å²) in [7, 11) is 0. The normalized spacial score (nSPS) is 13.4. The van der Waals surface area contributed by atoms with E-state index in [9.17, 15) is 9.59 Å². The van der Waals surface area contributed by atoms with Gasteiger partial charge in [0.1, 0.15) is 0 Å². The first-order valence-electron chi connectivity index (χ1n) is 12.4. The molecule has 4 rings (SSSR count). The van der Waals surface area contributed by atoms with Crippen molar-refractivity contribution < 1.29 is 14.3 Å². The maximum Gasteiger partial charge on any atom is 0.331 e. The van der Waals surface area contributed by atoms with Gasteiger partial charge in [0.2, 0.25) is 0 Å². The molecule has 2 heterocycles. The maximum atomic E-state index is 12.3. The van der Waals surface area contributed by atoms with Crippen LogP contribution >= 0.6 is 0 Å². The highest BCUT2D eigenvalue weighted by Gasteiger charge is 2.15. The van der Waals surface area contributed by atoms with Crippen molar-refractivity contribution >= 4 is 29.3 Å². The summed E-state index contributed by atoms with van der Waals surface area (Å²) < 4.78 is 7.08. The maximum absolute atomic E-state index is 12.3. The van der Waals surface area contributed by atoms with Crippen LogP contribution in [0.2, 0.25) is 0 Å². The molecule has 3 aromatic rings. The number of nitrogens with one attached hydrogen (secondary N) is 1. The molecule has 1 N–H and O–H groups in total. The van der Waals surface area contributed by atoms with Gasteiger partial charge < -0.3 is 15.0 Å². The number of hydrogen-bond donors (Lipinski definition) is 1. The van der Waals surface area contributed by atoms with Crippen LogP contribution in [0.3, 0.4) is 0 Å². The number of carbonyl (C=O) groups excluding carboxylic acids is 2. The number of hydrogen-bond acceptors (Lipinski definition) is 5. The molecule has 2 aromatic carbocycles. The Labute approximate surface area is 212 Å². The van der Waals surface area contributed by atoms with Crippen LogP contribution < -0.4 is 10.2 Å². The summed E-state index contributed by atoms with van der Waals surface area (Å²) in [6.07, 6.45) is 5.47. The topological polar surface area (TPSA) is 76.5 Å². The molecule has 1 amide bonds. The summed E-state index contributed by atoms with van der Waals surface area (Å²) in [5, 5.41) is 7.42.